The van der Waals surface area contributed by atoms with Gasteiger partial charge in [-0.1, -0.05) is 25.3 Å². The van der Waals surface area contributed by atoms with Gasteiger partial charge in [0.1, 0.15) is 6.42 Å². The highest BCUT2D eigenvalue weighted by Gasteiger charge is 2.60. The fraction of sp³-hybridized carbons (Fsp3) is 0.676. The number of fused-ring (bicyclic) bond motifs is 20. The Morgan fingerprint density at radius 3 is 0.978 bits per heavy atom. The second kappa shape index (κ2) is 25.6. The summed E-state index contributed by atoms with van der Waals surface area (Å²) in [7, 11) is 0. The third-order valence-corrected chi connectivity index (χ3v) is 25.9. The van der Waals surface area contributed by atoms with Gasteiger partial charge in [-0.15, -0.1) is 0 Å². The topological polar surface area (TPSA) is 210 Å². The average Bonchev–Trinajstić information content (AvgIpc) is 1.65. The fourth-order valence-electron chi connectivity index (χ4n) is 22.4. The average molecular weight is 1240 g/mol. The Balaban J connectivity index is 0.462. The standard InChI is InChI=1S/C74H90O16/c1-4-67(75)83-30-39-11-55-49-23-53(61(27-49)63(55)15-39)36-89-73(81)45-9-5-7-43(19-45)71(79)87-32-41-13-57-47-21-51(59(25-47)64(57)17-41)34-84-68(76)29-69(77)85-35-52-22-48-26-60(52)65-18-42(14-58(48)65)33-88-72(80)44-8-6-10-46(20-44)74(82)90-37-54-24-50-28-62(54)66-16-40(12-56(50)66)31-86-70(78)38(2)3/h4-10,19-20,39-42,47-66H,1-2,11-18,21-37H2,3H3/t39?,40?,41?,42?,47?,48?,49?,50?,51?,52?,53?,54?,55-,56-,57+,58+,59?,60?,61?,62?,63-,64+,65+,66-/m0/s1. The van der Waals surface area contributed by atoms with E-state index in [9.17, 15) is 38.4 Å². The Morgan fingerprint density at radius 2 is 0.656 bits per heavy atom. The van der Waals surface area contributed by atoms with Gasteiger partial charge in [-0.25, -0.2) is 28.8 Å². The molecule has 0 heterocycles. The Morgan fingerprint density at radius 1 is 0.367 bits per heavy atom. The van der Waals surface area contributed by atoms with Crippen molar-refractivity contribution in [3.8, 4) is 0 Å². The molecule has 0 aliphatic heterocycles. The first-order valence-electron chi connectivity index (χ1n) is 34.4. The van der Waals surface area contributed by atoms with E-state index >= 15 is 0 Å². The van der Waals surface area contributed by atoms with Crippen LogP contribution in [0, 0.1) is 142 Å². The highest BCUT2D eigenvalue weighted by atomic mass is 16.6. The number of rotatable bonds is 24. The van der Waals surface area contributed by atoms with Crippen LogP contribution in [-0.4, -0.2) is 101 Å². The minimum atomic E-state index is -0.546. The van der Waals surface area contributed by atoms with Crippen LogP contribution in [-0.2, 0) is 57.1 Å². The van der Waals surface area contributed by atoms with Crippen molar-refractivity contribution in [2.45, 2.75) is 116 Å². The predicted octanol–water partition coefficient (Wildman–Crippen LogP) is 11.5. The van der Waals surface area contributed by atoms with Gasteiger partial charge in [0.2, 0.25) is 0 Å². The number of ether oxygens (including phenoxy) is 8. The maximum Gasteiger partial charge on any atom is 0.338 e. The molecule has 16 unspecified atom stereocenters. The molecule has 16 heteroatoms. The molecule has 24 atom stereocenters. The summed E-state index contributed by atoms with van der Waals surface area (Å²) in [4.78, 5) is 103. The second-order valence-corrected chi connectivity index (χ2v) is 30.6. The van der Waals surface area contributed by atoms with E-state index in [1.807, 2.05) is 0 Å². The highest BCUT2D eigenvalue weighted by molar-refractivity contribution is 5.96. The van der Waals surface area contributed by atoms with Crippen LogP contribution in [0.1, 0.15) is 158 Å². The van der Waals surface area contributed by atoms with Crippen molar-refractivity contribution in [1.29, 1.82) is 0 Å². The zero-order valence-electron chi connectivity index (χ0n) is 52.2. The Labute approximate surface area is 528 Å². The molecule has 12 saturated carbocycles. The van der Waals surface area contributed by atoms with Gasteiger partial charge in [-0.05, 0) is 288 Å². The quantitative estimate of drug-likeness (QED) is 0.0414. The summed E-state index contributed by atoms with van der Waals surface area (Å²) in [5.74, 6) is 7.61. The lowest BCUT2D eigenvalue weighted by molar-refractivity contribution is -0.157. The van der Waals surface area contributed by atoms with Gasteiger partial charge in [0.15, 0.2) is 0 Å². The van der Waals surface area contributed by atoms with Crippen LogP contribution >= 0.6 is 0 Å². The van der Waals surface area contributed by atoms with Crippen LogP contribution in [0.4, 0.5) is 0 Å². The van der Waals surface area contributed by atoms with Crippen LogP contribution in [0.5, 0.6) is 0 Å². The Bertz CT molecular complexity index is 3150. The minimum absolute atomic E-state index is 0.239. The van der Waals surface area contributed by atoms with Crippen molar-refractivity contribution in [2.24, 2.45) is 142 Å². The van der Waals surface area contributed by atoms with Gasteiger partial charge >= 0.3 is 47.8 Å². The maximum atomic E-state index is 13.4. The number of carbonyl (C=O) groups is 8. The lowest BCUT2D eigenvalue weighted by atomic mass is 9.76. The summed E-state index contributed by atoms with van der Waals surface area (Å²) >= 11 is 0. The number of esters is 8. The monoisotopic (exact) mass is 1230 g/mol. The molecular weight excluding hydrogens is 1140 g/mol. The first-order chi connectivity index (χ1) is 43.6. The number of hydrogen-bond acceptors (Lipinski definition) is 16. The molecule has 12 aliphatic carbocycles. The van der Waals surface area contributed by atoms with Gasteiger partial charge in [-0.3, -0.25) is 9.59 Å². The van der Waals surface area contributed by atoms with Gasteiger partial charge < -0.3 is 37.9 Å². The molecule has 8 bridgehead atoms. The number of carbonyl (C=O) groups excluding carboxylic acids is 8. The molecule has 0 N–H and O–H groups in total. The number of benzene rings is 2. The summed E-state index contributed by atoms with van der Waals surface area (Å²) < 4.78 is 46.0. The summed E-state index contributed by atoms with van der Waals surface area (Å²) in [6.07, 6.45) is 17.7. The van der Waals surface area contributed by atoms with Gasteiger partial charge in [-0.2, -0.15) is 0 Å². The molecule has 0 amide bonds. The lowest BCUT2D eigenvalue weighted by Crippen LogP contribution is -2.29. The zero-order chi connectivity index (χ0) is 62.1. The van der Waals surface area contributed by atoms with Crippen molar-refractivity contribution >= 4 is 47.8 Å². The largest absolute Gasteiger partial charge is 0.465 e. The molecule has 90 heavy (non-hydrogen) atoms. The van der Waals surface area contributed by atoms with Crippen molar-refractivity contribution < 1.29 is 76.3 Å². The fourth-order valence-corrected chi connectivity index (χ4v) is 22.4. The molecule has 16 nitrogen and oxygen atoms in total. The molecule has 2 aromatic rings. The molecule has 0 spiro atoms. The summed E-state index contributed by atoms with van der Waals surface area (Å²) in [5, 5.41) is 0. The maximum absolute atomic E-state index is 13.4. The molecule has 0 saturated heterocycles. The van der Waals surface area contributed by atoms with Gasteiger partial charge in [0.25, 0.3) is 0 Å². The third-order valence-electron chi connectivity index (χ3n) is 25.9. The molecule has 12 aliphatic rings. The van der Waals surface area contributed by atoms with Crippen LogP contribution in [0.15, 0.2) is 73.3 Å². The van der Waals surface area contributed by atoms with Crippen molar-refractivity contribution in [2.75, 3.05) is 52.9 Å². The van der Waals surface area contributed by atoms with E-state index < -0.39 is 42.2 Å². The first kappa shape index (κ1) is 61.2. The van der Waals surface area contributed by atoms with Crippen LogP contribution in [0.25, 0.3) is 0 Å². The van der Waals surface area contributed by atoms with E-state index in [4.69, 9.17) is 37.9 Å². The normalized spacial score (nSPS) is 38.6. The Hall–Kier alpha value is -6.32. The van der Waals surface area contributed by atoms with Crippen molar-refractivity contribution in [3.63, 3.8) is 0 Å². The van der Waals surface area contributed by atoms with E-state index in [-0.39, 0.29) is 35.6 Å². The molecule has 12 fully saturated rings. The van der Waals surface area contributed by atoms with Gasteiger partial charge in [0, 0.05) is 11.6 Å². The summed E-state index contributed by atoms with van der Waals surface area (Å²) in [6.45, 7) is 11.7. The lowest BCUT2D eigenvalue weighted by Gasteiger charge is -2.31. The van der Waals surface area contributed by atoms with E-state index in [0.29, 0.717) is 199 Å². The van der Waals surface area contributed by atoms with E-state index in [1.54, 1.807) is 55.5 Å². The summed E-state index contributed by atoms with van der Waals surface area (Å²) in [5.41, 5.74) is 1.76. The molecule has 0 aromatic heterocycles. The van der Waals surface area contributed by atoms with E-state index in [1.165, 1.54) is 18.9 Å². The molecule has 14 rings (SSSR count). The van der Waals surface area contributed by atoms with Crippen LogP contribution in [0.2, 0.25) is 0 Å². The van der Waals surface area contributed by atoms with E-state index in [0.717, 1.165) is 89.9 Å². The summed E-state index contributed by atoms with van der Waals surface area (Å²) in [6, 6.07) is 13.3. The highest BCUT2D eigenvalue weighted by Crippen LogP contribution is 2.66. The van der Waals surface area contributed by atoms with Crippen molar-refractivity contribution in [1.82, 2.24) is 0 Å². The smallest absolute Gasteiger partial charge is 0.338 e. The molecular formula is C74H90O16. The zero-order valence-corrected chi connectivity index (χ0v) is 52.2. The predicted molar refractivity (Wildman–Crippen MR) is 325 cm³/mol. The molecule has 482 valence electrons. The third kappa shape index (κ3) is 12.3. The van der Waals surface area contributed by atoms with Crippen molar-refractivity contribution in [3.05, 3.63) is 95.6 Å². The SMILES string of the molecule is C=CC(=O)OCC1C[C@@H]2C3CC(CC3COC(=O)c3cccc(C(=O)OCC4C[C@@H]5C6CC(COC(=O)CC(=O)OCC7CC8CC7[C@@H]7CC(COC(=O)c9cccc(C(=O)OCC%10CC%11CC%10[C@H]%10CC(COC(=O)C(=C)C)C[C@@H]%11%10)c9)C[C@H]87)C(C6)[C@@H]5C4)c3)[C@@H]2C1. The van der Waals surface area contributed by atoms with Crippen LogP contribution in [0.3, 0.4) is 0 Å². The second-order valence-electron chi connectivity index (χ2n) is 30.6. The first-order valence-corrected chi connectivity index (χ1v) is 34.4. The number of hydrogen-bond donors (Lipinski definition) is 0. The van der Waals surface area contributed by atoms with Crippen LogP contribution < -0.4 is 0 Å². The molecule has 0 radical (unpaired) electrons. The van der Waals surface area contributed by atoms with Gasteiger partial charge in [0.05, 0.1) is 75.1 Å². The van der Waals surface area contributed by atoms with E-state index in [2.05, 4.69) is 13.2 Å². The molecule has 2 aromatic carbocycles. The Kier molecular flexibility index (Phi) is 17.4. The minimum Gasteiger partial charge on any atom is -0.465 e.